The van der Waals surface area contributed by atoms with Crippen LogP contribution in [0, 0.1) is 5.92 Å². The molecular weight excluding hydrogens is 554 g/mol. The third-order valence-corrected chi connectivity index (χ3v) is 9.23. The standard InChI is InChI=1S/C32H40F2N6O3/c33-32(34)13-12-25(17-32)40-20-22-5-1-9-26(28(22)38-40)27(31(42)43)18-36-30(41)23-7-3-15-39(19-23)16-4-8-24-11-10-21-6-2-14-35-29(21)37-24/h1,5,9-11,20,23,25,27H,2-4,6-8,12-19H2,(H,35,37)(H,36,41)(H,42,43)/t23-,25+,27-/m1/s1. The zero-order valence-electron chi connectivity index (χ0n) is 24.4. The molecule has 0 radical (unpaired) electrons. The van der Waals surface area contributed by atoms with E-state index >= 15 is 0 Å². The molecule has 43 heavy (non-hydrogen) atoms. The lowest BCUT2D eigenvalue weighted by Crippen LogP contribution is -2.44. The quantitative estimate of drug-likeness (QED) is 0.310. The molecule has 230 valence electrons. The maximum Gasteiger partial charge on any atom is 0.312 e. The molecule has 4 heterocycles. The number of aromatic nitrogens is 3. The number of aryl methyl sites for hydroxylation is 2. The summed E-state index contributed by atoms with van der Waals surface area (Å²) >= 11 is 0. The summed E-state index contributed by atoms with van der Waals surface area (Å²) in [7, 11) is 0. The van der Waals surface area contributed by atoms with Crippen LogP contribution in [0.3, 0.4) is 0 Å². The van der Waals surface area contributed by atoms with Crippen LogP contribution in [0.4, 0.5) is 14.6 Å². The molecule has 1 amide bonds. The SMILES string of the molecule is O=C(NC[C@@H](C(=O)O)c1cccc2cn([C@H]3CCC(F)(F)C3)nc12)[C@@H]1CCCN(CCCc2ccc3c(n2)NCCC3)C1. The van der Waals surface area contributed by atoms with Crippen LogP contribution in [0.15, 0.2) is 36.5 Å². The number of benzene rings is 1. The third kappa shape index (κ3) is 6.82. The molecule has 1 saturated carbocycles. The molecule has 3 aromatic rings. The Bertz CT molecular complexity index is 1480. The van der Waals surface area contributed by atoms with Crippen molar-refractivity contribution in [2.24, 2.45) is 5.92 Å². The Morgan fingerprint density at radius 1 is 1.19 bits per heavy atom. The van der Waals surface area contributed by atoms with Crippen molar-refractivity contribution in [1.82, 2.24) is 25.0 Å². The van der Waals surface area contributed by atoms with E-state index in [1.807, 2.05) is 6.07 Å². The Hall–Kier alpha value is -3.60. The summed E-state index contributed by atoms with van der Waals surface area (Å²) in [6, 6.07) is 9.14. The van der Waals surface area contributed by atoms with Gasteiger partial charge in [0.1, 0.15) is 11.7 Å². The van der Waals surface area contributed by atoms with Gasteiger partial charge in [0, 0.05) is 49.8 Å². The highest BCUT2D eigenvalue weighted by Crippen LogP contribution is 2.42. The molecule has 0 spiro atoms. The summed E-state index contributed by atoms with van der Waals surface area (Å²) in [6.07, 6.45) is 7.34. The molecule has 11 heteroatoms. The van der Waals surface area contributed by atoms with Gasteiger partial charge in [-0.25, -0.2) is 13.8 Å². The zero-order chi connectivity index (χ0) is 30.0. The lowest BCUT2D eigenvalue weighted by molar-refractivity contribution is -0.138. The lowest BCUT2D eigenvalue weighted by Gasteiger charge is -2.32. The number of nitrogens with zero attached hydrogens (tertiary/aromatic N) is 4. The fourth-order valence-electron chi connectivity index (χ4n) is 6.85. The van der Waals surface area contributed by atoms with Crippen molar-refractivity contribution in [1.29, 1.82) is 0 Å². The van der Waals surface area contributed by atoms with Gasteiger partial charge in [-0.2, -0.15) is 5.10 Å². The number of fused-ring (bicyclic) bond motifs is 2. The minimum Gasteiger partial charge on any atom is -0.481 e. The third-order valence-electron chi connectivity index (χ3n) is 9.23. The van der Waals surface area contributed by atoms with E-state index in [-0.39, 0.29) is 31.2 Å². The van der Waals surface area contributed by atoms with Crippen LogP contribution in [0.2, 0.25) is 0 Å². The van der Waals surface area contributed by atoms with E-state index in [1.54, 1.807) is 23.0 Å². The van der Waals surface area contributed by atoms with Crippen molar-refractivity contribution in [2.75, 3.05) is 38.0 Å². The fraction of sp³-hybridized carbons (Fsp3) is 0.562. The van der Waals surface area contributed by atoms with Crippen molar-refractivity contribution in [3.8, 4) is 0 Å². The highest BCUT2D eigenvalue weighted by Gasteiger charge is 2.41. The van der Waals surface area contributed by atoms with Gasteiger partial charge < -0.3 is 20.6 Å². The van der Waals surface area contributed by atoms with Crippen LogP contribution in [0.5, 0.6) is 0 Å². The molecule has 1 saturated heterocycles. The number of likely N-dealkylation sites (tertiary alicyclic amines) is 1. The largest absolute Gasteiger partial charge is 0.481 e. The Morgan fingerprint density at radius 3 is 2.88 bits per heavy atom. The number of pyridine rings is 1. The number of carboxylic acid groups (broad SMARTS) is 1. The summed E-state index contributed by atoms with van der Waals surface area (Å²) < 4.78 is 29.2. The van der Waals surface area contributed by atoms with Crippen LogP contribution >= 0.6 is 0 Å². The van der Waals surface area contributed by atoms with Gasteiger partial charge in [-0.1, -0.05) is 24.3 Å². The summed E-state index contributed by atoms with van der Waals surface area (Å²) in [5.74, 6) is -4.09. The van der Waals surface area contributed by atoms with Crippen molar-refractivity contribution < 1.29 is 23.5 Å². The Labute approximate surface area is 250 Å². The van der Waals surface area contributed by atoms with Gasteiger partial charge in [-0.05, 0) is 75.2 Å². The highest BCUT2D eigenvalue weighted by molar-refractivity contribution is 5.88. The van der Waals surface area contributed by atoms with E-state index in [2.05, 4.69) is 32.8 Å². The maximum atomic E-state index is 13.8. The first-order chi connectivity index (χ1) is 20.8. The predicted octanol–water partition coefficient (Wildman–Crippen LogP) is 4.78. The molecular formula is C32H40F2N6O3. The molecule has 2 aliphatic heterocycles. The number of halogens is 2. The van der Waals surface area contributed by atoms with E-state index < -0.39 is 23.9 Å². The van der Waals surface area contributed by atoms with Gasteiger partial charge in [0.2, 0.25) is 11.8 Å². The van der Waals surface area contributed by atoms with Gasteiger partial charge in [-0.3, -0.25) is 14.3 Å². The van der Waals surface area contributed by atoms with E-state index in [9.17, 15) is 23.5 Å². The van der Waals surface area contributed by atoms with E-state index in [0.717, 1.165) is 69.7 Å². The predicted molar refractivity (Wildman–Crippen MR) is 159 cm³/mol. The van der Waals surface area contributed by atoms with E-state index in [0.29, 0.717) is 29.4 Å². The lowest BCUT2D eigenvalue weighted by atomic mass is 9.94. The molecule has 2 aromatic heterocycles. The summed E-state index contributed by atoms with van der Waals surface area (Å²) in [5.41, 5.74) is 3.32. The molecule has 3 N–H and O–H groups in total. The van der Waals surface area contributed by atoms with Crippen molar-refractivity contribution in [3.63, 3.8) is 0 Å². The Morgan fingerprint density at radius 2 is 2.07 bits per heavy atom. The van der Waals surface area contributed by atoms with Crippen LogP contribution < -0.4 is 10.6 Å². The molecule has 0 bridgehead atoms. The molecule has 1 aromatic carbocycles. The topological polar surface area (TPSA) is 112 Å². The molecule has 3 aliphatic rings. The number of aliphatic carboxylic acids is 1. The van der Waals surface area contributed by atoms with Gasteiger partial charge >= 0.3 is 5.97 Å². The molecule has 0 unspecified atom stereocenters. The number of rotatable bonds is 10. The van der Waals surface area contributed by atoms with Gasteiger partial charge in [-0.15, -0.1) is 0 Å². The molecule has 6 rings (SSSR count). The maximum absolute atomic E-state index is 13.8. The second kappa shape index (κ2) is 12.6. The monoisotopic (exact) mass is 594 g/mol. The minimum atomic E-state index is -2.70. The van der Waals surface area contributed by atoms with E-state index in [1.165, 1.54) is 5.56 Å². The smallest absolute Gasteiger partial charge is 0.312 e. The van der Waals surface area contributed by atoms with Crippen molar-refractivity contribution in [3.05, 3.63) is 53.3 Å². The van der Waals surface area contributed by atoms with E-state index in [4.69, 9.17) is 4.98 Å². The molecule has 9 nitrogen and oxygen atoms in total. The fourth-order valence-corrected chi connectivity index (χ4v) is 6.85. The van der Waals surface area contributed by atoms with Crippen molar-refractivity contribution in [2.45, 2.75) is 75.7 Å². The number of nitrogens with one attached hydrogen (secondary N) is 2. The summed E-state index contributed by atoms with van der Waals surface area (Å²) in [6.45, 7) is 3.38. The van der Waals surface area contributed by atoms with Crippen LogP contribution in [0.1, 0.15) is 73.7 Å². The van der Waals surface area contributed by atoms with Gasteiger partial charge in [0.15, 0.2) is 0 Å². The highest BCUT2D eigenvalue weighted by atomic mass is 19.3. The second-order valence-corrected chi connectivity index (χ2v) is 12.4. The van der Waals surface area contributed by atoms with Crippen LogP contribution in [-0.4, -0.2) is 75.3 Å². The van der Waals surface area contributed by atoms with Gasteiger partial charge in [0.25, 0.3) is 0 Å². The number of carbonyl (C=O) groups is 2. The van der Waals surface area contributed by atoms with Crippen molar-refractivity contribution >= 4 is 28.6 Å². The minimum absolute atomic E-state index is 0.0594. The second-order valence-electron chi connectivity index (χ2n) is 12.4. The number of anilines is 1. The number of amides is 1. The molecule has 3 atom stereocenters. The Balaban J connectivity index is 1.04. The summed E-state index contributed by atoms with van der Waals surface area (Å²) in [5, 5.41) is 21.6. The number of piperidine rings is 1. The number of alkyl halides is 2. The molecule has 2 fully saturated rings. The average molecular weight is 595 g/mol. The number of carboxylic acids is 1. The number of carbonyl (C=O) groups excluding carboxylic acids is 1. The zero-order valence-corrected chi connectivity index (χ0v) is 24.4. The summed E-state index contributed by atoms with van der Waals surface area (Å²) in [4.78, 5) is 32.6. The van der Waals surface area contributed by atoms with Gasteiger partial charge in [0.05, 0.1) is 17.5 Å². The number of hydrogen-bond acceptors (Lipinski definition) is 6. The Kier molecular flexibility index (Phi) is 8.61. The molecule has 1 aliphatic carbocycles. The first kappa shape index (κ1) is 29.5. The van der Waals surface area contributed by atoms with Crippen LogP contribution in [0.25, 0.3) is 10.9 Å². The normalized spacial score (nSPS) is 22.6. The number of hydrogen-bond donors (Lipinski definition) is 3. The van der Waals surface area contributed by atoms with Crippen LogP contribution in [-0.2, 0) is 22.4 Å². The average Bonchev–Trinajstić information content (AvgIpc) is 3.60. The first-order valence-corrected chi connectivity index (χ1v) is 15.6. The first-order valence-electron chi connectivity index (χ1n) is 15.6.